The Balaban J connectivity index is 2.19. The van der Waals surface area contributed by atoms with Crippen LogP contribution in [0.3, 0.4) is 0 Å². The van der Waals surface area contributed by atoms with E-state index in [-0.39, 0.29) is 5.56 Å². The van der Waals surface area contributed by atoms with Gasteiger partial charge < -0.3 is 9.52 Å². The fourth-order valence-corrected chi connectivity index (χ4v) is 1.79. The quantitative estimate of drug-likeness (QED) is 0.706. The Morgan fingerprint density at radius 3 is 3.06 bits per heavy atom. The summed E-state index contributed by atoms with van der Waals surface area (Å²) in [6.07, 6.45) is 2.90. The number of aromatic carboxylic acids is 1. The van der Waals surface area contributed by atoms with Crippen molar-refractivity contribution in [3.63, 3.8) is 0 Å². The highest BCUT2D eigenvalue weighted by atomic mass is 16.4. The van der Waals surface area contributed by atoms with Gasteiger partial charge in [-0.05, 0) is 24.3 Å². The van der Waals surface area contributed by atoms with Gasteiger partial charge >= 0.3 is 5.97 Å². The average Bonchev–Trinajstić information content (AvgIpc) is 2.96. The van der Waals surface area contributed by atoms with Crippen LogP contribution in [0.5, 0.6) is 0 Å². The number of fused-ring (bicyclic) bond motifs is 1. The maximum Gasteiger partial charge on any atom is 0.339 e. The first kappa shape index (κ1) is 9.65. The molecule has 0 fully saturated rings. The van der Waals surface area contributed by atoms with Gasteiger partial charge in [-0.1, -0.05) is 0 Å². The van der Waals surface area contributed by atoms with E-state index in [1.165, 1.54) is 6.20 Å². The summed E-state index contributed by atoms with van der Waals surface area (Å²) in [7, 11) is 0. The van der Waals surface area contributed by atoms with Crippen molar-refractivity contribution in [3.05, 3.63) is 42.3 Å². The van der Waals surface area contributed by atoms with Gasteiger partial charge in [-0.3, -0.25) is 5.10 Å². The van der Waals surface area contributed by atoms with Crippen molar-refractivity contribution >= 4 is 16.9 Å². The minimum absolute atomic E-state index is 0.160. The third kappa shape index (κ3) is 1.48. The summed E-state index contributed by atoms with van der Waals surface area (Å²) in [5, 5.41) is 16.4. The highest BCUT2D eigenvalue weighted by Crippen LogP contribution is 2.25. The number of rotatable bonds is 2. The number of carboxylic acids is 1. The van der Waals surface area contributed by atoms with Crippen molar-refractivity contribution in [2.45, 2.75) is 0 Å². The highest BCUT2D eigenvalue weighted by molar-refractivity contribution is 5.95. The number of nitrogens with zero attached hydrogens (tertiary/aromatic N) is 1. The molecule has 0 unspecified atom stereocenters. The summed E-state index contributed by atoms with van der Waals surface area (Å²) < 4.78 is 5.23. The van der Waals surface area contributed by atoms with Crippen LogP contribution < -0.4 is 0 Å². The molecule has 2 heterocycles. The monoisotopic (exact) mass is 228 g/mol. The van der Waals surface area contributed by atoms with Crippen LogP contribution in [0.25, 0.3) is 22.2 Å². The van der Waals surface area contributed by atoms with Gasteiger partial charge in [0.25, 0.3) is 0 Å². The van der Waals surface area contributed by atoms with E-state index in [9.17, 15) is 4.79 Å². The summed E-state index contributed by atoms with van der Waals surface area (Å²) in [6, 6.07) is 7.29. The molecule has 2 N–H and O–H groups in total. The zero-order valence-corrected chi connectivity index (χ0v) is 8.68. The van der Waals surface area contributed by atoms with E-state index >= 15 is 0 Å². The molecule has 17 heavy (non-hydrogen) atoms. The van der Waals surface area contributed by atoms with Crippen LogP contribution in [0.4, 0.5) is 0 Å². The minimum Gasteiger partial charge on any atom is -0.478 e. The maximum atomic E-state index is 11.0. The number of hydrogen-bond acceptors (Lipinski definition) is 3. The van der Waals surface area contributed by atoms with E-state index in [0.29, 0.717) is 5.69 Å². The topological polar surface area (TPSA) is 79.1 Å². The zero-order chi connectivity index (χ0) is 11.8. The van der Waals surface area contributed by atoms with Gasteiger partial charge in [0.15, 0.2) is 0 Å². The van der Waals surface area contributed by atoms with E-state index in [1.807, 2.05) is 12.1 Å². The Hall–Kier alpha value is -2.56. The second-order valence-electron chi connectivity index (χ2n) is 3.64. The summed E-state index contributed by atoms with van der Waals surface area (Å²) in [5.41, 5.74) is 2.20. The van der Waals surface area contributed by atoms with E-state index in [2.05, 4.69) is 10.2 Å². The predicted molar refractivity (Wildman–Crippen MR) is 60.8 cm³/mol. The lowest BCUT2D eigenvalue weighted by Crippen LogP contribution is -1.96. The number of hydrogen-bond donors (Lipinski definition) is 2. The van der Waals surface area contributed by atoms with Gasteiger partial charge in [0, 0.05) is 10.9 Å². The second-order valence-corrected chi connectivity index (χ2v) is 3.64. The molecule has 0 aliphatic carbocycles. The summed E-state index contributed by atoms with van der Waals surface area (Å²) in [6.45, 7) is 0. The molecule has 5 heteroatoms. The number of carbonyl (C=O) groups is 1. The lowest BCUT2D eigenvalue weighted by molar-refractivity contribution is 0.0698. The van der Waals surface area contributed by atoms with Crippen molar-refractivity contribution in [3.8, 4) is 11.3 Å². The molecule has 0 aliphatic rings. The molecule has 84 valence electrons. The van der Waals surface area contributed by atoms with Crippen LogP contribution in [0.15, 0.2) is 41.1 Å². The average molecular weight is 228 g/mol. The van der Waals surface area contributed by atoms with Gasteiger partial charge in [0.2, 0.25) is 0 Å². The van der Waals surface area contributed by atoms with Crippen LogP contribution in [-0.4, -0.2) is 21.3 Å². The number of aromatic amines is 1. The molecule has 3 aromatic rings. The smallest absolute Gasteiger partial charge is 0.339 e. The molecule has 1 aromatic carbocycles. The number of benzene rings is 1. The van der Waals surface area contributed by atoms with E-state index < -0.39 is 5.97 Å². The zero-order valence-electron chi connectivity index (χ0n) is 8.68. The Bertz CT molecular complexity index is 696. The predicted octanol–water partition coefficient (Wildman–Crippen LogP) is 2.52. The molecule has 0 bridgehead atoms. The molecule has 0 atom stereocenters. The summed E-state index contributed by atoms with van der Waals surface area (Å²) in [4.78, 5) is 11.0. The van der Waals surface area contributed by atoms with E-state index in [4.69, 9.17) is 9.52 Å². The van der Waals surface area contributed by atoms with Gasteiger partial charge in [-0.25, -0.2) is 4.79 Å². The van der Waals surface area contributed by atoms with Crippen LogP contribution >= 0.6 is 0 Å². The Morgan fingerprint density at radius 1 is 1.35 bits per heavy atom. The third-order valence-electron chi connectivity index (χ3n) is 2.61. The summed E-state index contributed by atoms with van der Waals surface area (Å²) in [5.74, 6) is -0.999. The Labute approximate surface area is 95.7 Å². The van der Waals surface area contributed by atoms with Crippen LogP contribution in [0.1, 0.15) is 10.4 Å². The van der Waals surface area contributed by atoms with Crippen molar-refractivity contribution in [1.29, 1.82) is 0 Å². The number of carboxylic acid groups (broad SMARTS) is 1. The van der Waals surface area contributed by atoms with Crippen molar-refractivity contribution in [1.82, 2.24) is 10.2 Å². The normalized spacial score (nSPS) is 10.8. The molecule has 0 aliphatic heterocycles. The lowest BCUT2D eigenvalue weighted by atomic mass is 10.1. The molecular formula is C12H8N2O3. The Morgan fingerprint density at radius 2 is 2.24 bits per heavy atom. The minimum atomic E-state index is -0.999. The molecule has 0 spiro atoms. The maximum absolute atomic E-state index is 11.0. The van der Waals surface area contributed by atoms with Gasteiger partial charge in [0.1, 0.15) is 11.1 Å². The first-order valence-electron chi connectivity index (χ1n) is 5.00. The fraction of sp³-hybridized carbons (Fsp3) is 0. The van der Waals surface area contributed by atoms with E-state index in [0.717, 1.165) is 16.5 Å². The SMILES string of the molecule is O=C(O)c1cn[nH]c1-c1ccc2occc2c1. The second kappa shape index (κ2) is 3.48. The van der Waals surface area contributed by atoms with Gasteiger partial charge in [-0.2, -0.15) is 5.10 Å². The van der Waals surface area contributed by atoms with Gasteiger partial charge in [0.05, 0.1) is 18.2 Å². The number of aromatic nitrogens is 2. The van der Waals surface area contributed by atoms with Crippen molar-refractivity contribution in [2.75, 3.05) is 0 Å². The molecule has 5 nitrogen and oxygen atoms in total. The third-order valence-corrected chi connectivity index (χ3v) is 2.61. The highest BCUT2D eigenvalue weighted by Gasteiger charge is 2.14. The number of H-pyrrole nitrogens is 1. The molecule has 3 rings (SSSR count). The van der Waals surface area contributed by atoms with Gasteiger partial charge in [-0.15, -0.1) is 0 Å². The summed E-state index contributed by atoms with van der Waals surface area (Å²) >= 11 is 0. The van der Waals surface area contributed by atoms with Crippen LogP contribution in [0.2, 0.25) is 0 Å². The molecule has 0 amide bonds. The standard InChI is InChI=1S/C12H8N2O3/c15-12(16)9-6-13-14-11(9)8-1-2-10-7(5-8)3-4-17-10/h1-6H,(H,13,14)(H,15,16). The van der Waals surface area contributed by atoms with Crippen molar-refractivity contribution < 1.29 is 14.3 Å². The van der Waals surface area contributed by atoms with Crippen molar-refractivity contribution in [2.24, 2.45) is 0 Å². The largest absolute Gasteiger partial charge is 0.478 e. The first-order chi connectivity index (χ1) is 8.25. The number of furan rings is 1. The van der Waals surface area contributed by atoms with Crippen LogP contribution in [-0.2, 0) is 0 Å². The Kier molecular flexibility index (Phi) is 1.98. The van der Waals surface area contributed by atoms with E-state index in [1.54, 1.807) is 18.4 Å². The van der Waals surface area contributed by atoms with Crippen LogP contribution in [0, 0.1) is 0 Å². The number of nitrogens with one attached hydrogen (secondary N) is 1. The molecule has 0 saturated carbocycles. The first-order valence-corrected chi connectivity index (χ1v) is 5.00. The molecular weight excluding hydrogens is 220 g/mol. The molecule has 0 radical (unpaired) electrons. The molecule has 2 aromatic heterocycles. The lowest BCUT2D eigenvalue weighted by Gasteiger charge is -1.99. The molecule has 0 saturated heterocycles. The fourth-order valence-electron chi connectivity index (χ4n) is 1.79.